The molecule has 0 aliphatic carbocycles. The van der Waals surface area contributed by atoms with E-state index in [1.54, 1.807) is 29.4 Å². The number of halogens is 1. The van der Waals surface area contributed by atoms with E-state index >= 15 is 0 Å². The van der Waals surface area contributed by atoms with Gasteiger partial charge in [0.05, 0.1) is 6.54 Å². The van der Waals surface area contributed by atoms with Gasteiger partial charge in [-0.2, -0.15) is 0 Å². The fourth-order valence-electron chi connectivity index (χ4n) is 3.77. The molecule has 0 bridgehead atoms. The Labute approximate surface area is 213 Å². The van der Waals surface area contributed by atoms with Crippen molar-refractivity contribution in [1.82, 2.24) is 9.80 Å². The van der Waals surface area contributed by atoms with Crippen LogP contribution in [0.15, 0.2) is 60.0 Å². The zero-order valence-corrected chi connectivity index (χ0v) is 20.8. The number of nitrogens with one attached hydrogen (secondary N) is 1. The fourth-order valence-corrected chi connectivity index (χ4v) is 4.49. The molecule has 1 aliphatic heterocycles. The van der Waals surface area contributed by atoms with Gasteiger partial charge in [0.25, 0.3) is 0 Å². The first kappa shape index (κ1) is 25.5. The summed E-state index contributed by atoms with van der Waals surface area (Å²) in [7, 11) is 1.58. The Morgan fingerprint density at radius 3 is 2.69 bits per heavy atom. The molecule has 0 saturated heterocycles. The highest BCUT2D eigenvalue weighted by molar-refractivity contribution is 7.09. The molecule has 0 fully saturated rings. The molecule has 190 valence electrons. The third-order valence-electron chi connectivity index (χ3n) is 5.56. The van der Waals surface area contributed by atoms with E-state index in [0.29, 0.717) is 49.8 Å². The number of hydrogen-bond acceptors (Lipinski definition) is 6. The Balaban J connectivity index is 1.49. The van der Waals surface area contributed by atoms with Gasteiger partial charge in [0.2, 0.25) is 12.7 Å². The van der Waals surface area contributed by atoms with Crippen LogP contribution in [0.4, 0.5) is 14.9 Å². The second kappa shape index (κ2) is 12.4. The lowest BCUT2D eigenvalue weighted by molar-refractivity contribution is -0.133. The average molecular weight is 514 g/mol. The van der Waals surface area contributed by atoms with E-state index in [4.69, 9.17) is 14.2 Å². The van der Waals surface area contributed by atoms with Gasteiger partial charge in [-0.3, -0.25) is 4.79 Å². The quantitative estimate of drug-likeness (QED) is 0.376. The normalized spacial score (nSPS) is 11.8. The molecule has 3 amide bonds. The molecule has 3 aromatic rings. The van der Waals surface area contributed by atoms with Gasteiger partial charge in [-0.05, 0) is 53.8 Å². The summed E-state index contributed by atoms with van der Waals surface area (Å²) in [4.78, 5) is 30.7. The van der Waals surface area contributed by atoms with Crippen molar-refractivity contribution in [3.63, 3.8) is 0 Å². The molecule has 1 aromatic heterocycles. The highest BCUT2D eigenvalue weighted by Crippen LogP contribution is 2.33. The summed E-state index contributed by atoms with van der Waals surface area (Å²) in [6.45, 7) is 1.52. The average Bonchev–Trinajstić information content (AvgIpc) is 3.55. The minimum absolute atomic E-state index is 0.138. The summed E-state index contributed by atoms with van der Waals surface area (Å²) in [6, 6.07) is 14.7. The number of benzene rings is 2. The molecule has 8 nitrogen and oxygen atoms in total. The molecular formula is C26H28FN3O5S. The van der Waals surface area contributed by atoms with E-state index in [2.05, 4.69) is 5.32 Å². The number of anilines is 1. The number of thiophene rings is 1. The lowest BCUT2D eigenvalue weighted by atomic mass is 10.2. The van der Waals surface area contributed by atoms with Gasteiger partial charge >= 0.3 is 6.03 Å². The van der Waals surface area contributed by atoms with E-state index in [9.17, 15) is 14.0 Å². The largest absolute Gasteiger partial charge is 0.454 e. The van der Waals surface area contributed by atoms with Crippen LogP contribution in [0.2, 0.25) is 0 Å². The number of fused-ring (bicyclic) bond motifs is 1. The Morgan fingerprint density at radius 1 is 1.06 bits per heavy atom. The second-order valence-electron chi connectivity index (χ2n) is 8.23. The maximum Gasteiger partial charge on any atom is 0.322 e. The van der Waals surface area contributed by atoms with Crippen LogP contribution in [0, 0.1) is 5.82 Å². The van der Waals surface area contributed by atoms with Gasteiger partial charge < -0.3 is 29.3 Å². The lowest BCUT2D eigenvalue weighted by Crippen LogP contribution is -2.44. The standard InChI is InChI=1S/C26H28FN3O5S/c1-33-11-4-10-29(26(32)28-21-6-2-5-20(27)14-21)17-25(31)30(16-22-7-3-12-36-22)15-19-8-9-23-24(13-19)35-18-34-23/h2-3,5-9,12-14H,4,10-11,15-18H2,1H3,(H,28,32). The van der Waals surface area contributed by atoms with Crippen molar-refractivity contribution in [2.45, 2.75) is 19.5 Å². The monoisotopic (exact) mass is 513 g/mol. The number of ether oxygens (including phenoxy) is 3. The zero-order valence-electron chi connectivity index (χ0n) is 19.9. The molecule has 0 saturated carbocycles. The number of carbonyl (C=O) groups is 2. The summed E-state index contributed by atoms with van der Waals surface area (Å²) in [5, 5.41) is 4.65. The number of urea groups is 1. The van der Waals surface area contributed by atoms with Crippen LogP contribution in [0.25, 0.3) is 0 Å². The van der Waals surface area contributed by atoms with Crippen molar-refractivity contribution in [3.05, 3.63) is 76.2 Å². The first-order valence-corrected chi connectivity index (χ1v) is 12.4. The Kier molecular flexibility index (Phi) is 8.75. The first-order valence-electron chi connectivity index (χ1n) is 11.5. The van der Waals surface area contributed by atoms with Crippen LogP contribution in [0.1, 0.15) is 16.9 Å². The minimum atomic E-state index is -0.482. The topological polar surface area (TPSA) is 80.3 Å². The Bertz CT molecular complexity index is 1170. The van der Waals surface area contributed by atoms with Crippen LogP contribution in [-0.2, 0) is 22.6 Å². The first-order chi connectivity index (χ1) is 17.5. The predicted molar refractivity (Wildman–Crippen MR) is 135 cm³/mol. The van der Waals surface area contributed by atoms with Gasteiger partial charge in [-0.25, -0.2) is 9.18 Å². The summed E-state index contributed by atoms with van der Waals surface area (Å²) >= 11 is 1.56. The maximum absolute atomic E-state index is 13.6. The molecule has 36 heavy (non-hydrogen) atoms. The lowest BCUT2D eigenvalue weighted by Gasteiger charge is -2.28. The van der Waals surface area contributed by atoms with Gasteiger partial charge in [-0.15, -0.1) is 11.3 Å². The van der Waals surface area contributed by atoms with Crippen LogP contribution < -0.4 is 14.8 Å². The molecule has 0 unspecified atom stereocenters. The van der Waals surface area contributed by atoms with Crippen LogP contribution in [0.3, 0.4) is 0 Å². The number of amides is 3. The molecule has 10 heteroatoms. The van der Waals surface area contributed by atoms with Crippen molar-refractivity contribution >= 4 is 29.0 Å². The molecular weight excluding hydrogens is 485 g/mol. The van der Waals surface area contributed by atoms with Crippen LogP contribution in [-0.4, -0.2) is 55.3 Å². The number of methoxy groups -OCH3 is 1. The van der Waals surface area contributed by atoms with Crippen molar-refractivity contribution in [2.24, 2.45) is 0 Å². The molecule has 2 heterocycles. The Morgan fingerprint density at radius 2 is 1.92 bits per heavy atom. The minimum Gasteiger partial charge on any atom is -0.454 e. The number of nitrogens with zero attached hydrogens (tertiary/aromatic N) is 2. The maximum atomic E-state index is 13.6. The summed E-state index contributed by atoms with van der Waals surface area (Å²) in [5.74, 6) is 0.647. The van der Waals surface area contributed by atoms with Gasteiger partial charge in [0, 0.05) is 37.4 Å². The number of rotatable bonds is 11. The van der Waals surface area contributed by atoms with Crippen molar-refractivity contribution in [2.75, 3.05) is 38.9 Å². The van der Waals surface area contributed by atoms with Crippen molar-refractivity contribution in [3.8, 4) is 11.5 Å². The van der Waals surface area contributed by atoms with Gasteiger partial charge in [-0.1, -0.05) is 18.2 Å². The van der Waals surface area contributed by atoms with E-state index in [0.717, 1.165) is 10.4 Å². The fraction of sp³-hybridized carbons (Fsp3) is 0.308. The Hall–Kier alpha value is -3.63. The number of hydrogen-bond donors (Lipinski definition) is 1. The van der Waals surface area contributed by atoms with Gasteiger partial charge in [0.15, 0.2) is 11.5 Å². The molecule has 4 rings (SSSR count). The molecule has 1 aliphatic rings. The smallest absolute Gasteiger partial charge is 0.322 e. The second-order valence-corrected chi connectivity index (χ2v) is 9.26. The van der Waals surface area contributed by atoms with E-state index in [1.807, 2.05) is 35.7 Å². The SMILES string of the molecule is COCCCN(CC(=O)N(Cc1ccc2c(c1)OCO2)Cc1cccs1)C(=O)Nc1cccc(F)c1. The third-order valence-corrected chi connectivity index (χ3v) is 6.42. The van der Waals surface area contributed by atoms with E-state index < -0.39 is 11.8 Å². The van der Waals surface area contributed by atoms with Crippen molar-refractivity contribution in [1.29, 1.82) is 0 Å². The summed E-state index contributed by atoms with van der Waals surface area (Å²) in [6.07, 6.45) is 0.549. The highest BCUT2D eigenvalue weighted by Gasteiger charge is 2.23. The molecule has 2 aromatic carbocycles. The third kappa shape index (κ3) is 6.96. The zero-order chi connectivity index (χ0) is 25.3. The summed E-state index contributed by atoms with van der Waals surface area (Å²) < 4.78 is 29.6. The van der Waals surface area contributed by atoms with E-state index in [-0.39, 0.29) is 19.2 Å². The van der Waals surface area contributed by atoms with Gasteiger partial charge in [0.1, 0.15) is 12.4 Å². The van der Waals surface area contributed by atoms with Crippen LogP contribution >= 0.6 is 11.3 Å². The number of carbonyl (C=O) groups excluding carboxylic acids is 2. The molecule has 1 N–H and O–H groups in total. The molecule has 0 radical (unpaired) electrons. The predicted octanol–water partition coefficient (Wildman–Crippen LogP) is 4.72. The van der Waals surface area contributed by atoms with E-state index in [1.165, 1.54) is 23.1 Å². The van der Waals surface area contributed by atoms with Crippen LogP contribution in [0.5, 0.6) is 11.5 Å². The molecule has 0 spiro atoms. The highest BCUT2D eigenvalue weighted by atomic mass is 32.1. The summed E-state index contributed by atoms with van der Waals surface area (Å²) in [5.41, 5.74) is 1.21. The molecule has 0 atom stereocenters. The van der Waals surface area contributed by atoms with Crippen molar-refractivity contribution < 1.29 is 28.2 Å².